The molecule has 0 fully saturated rings. The van der Waals surface area contributed by atoms with Gasteiger partial charge in [0.05, 0.1) is 5.56 Å². The molecule has 0 bridgehead atoms. The van der Waals surface area contributed by atoms with Gasteiger partial charge in [-0.1, -0.05) is 11.6 Å². The highest BCUT2D eigenvalue weighted by Crippen LogP contribution is 2.22. The Bertz CT molecular complexity index is 663. The Kier molecular flexibility index (Phi) is 3.65. The van der Waals surface area contributed by atoms with Crippen LogP contribution in [0.3, 0.4) is 0 Å². The smallest absolute Gasteiger partial charge is 0.257 e. The van der Waals surface area contributed by atoms with Gasteiger partial charge in [-0.05, 0) is 19.1 Å². The van der Waals surface area contributed by atoms with Gasteiger partial charge in [-0.25, -0.2) is 13.2 Å². The van der Waals surface area contributed by atoms with Crippen LogP contribution in [0.4, 0.5) is 24.5 Å². The third-order valence-corrected chi connectivity index (χ3v) is 2.70. The number of hydrogen-bond acceptors (Lipinski definition) is 2. The topological polar surface area (TPSA) is 55.1 Å². The fourth-order valence-electron chi connectivity index (χ4n) is 1.71. The van der Waals surface area contributed by atoms with Crippen molar-refractivity contribution >= 4 is 17.3 Å². The van der Waals surface area contributed by atoms with E-state index in [1.165, 1.54) is 12.1 Å². The zero-order valence-electron chi connectivity index (χ0n) is 10.5. The molecule has 6 heteroatoms. The van der Waals surface area contributed by atoms with Gasteiger partial charge in [-0.15, -0.1) is 0 Å². The number of halogens is 3. The van der Waals surface area contributed by atoms with Crippen LogP contribution in [0.2, 0.25) is 0 Å². The average molecular weight is 280 g/mol. The number of carbonyl (C=O) groups excluding carboxylic acids is 1. The summed E-state index contributed by atoms with van der Waals surface area (Å²) in [6, 6.07) is 5.67. The number of nitrogen functional groups attached to an aromatic ring is 1. The van der Waals surface area contributed by atoms with Gasteiger partial charge in [0, 0.05) is 17.8 Å². The van der Waals surface area contributed by atoms with Crippen LogP contribution in [0.5, 0.6) is 0 Å². The molecule has 0 saturated heterocycles. The zero-order chi connectivity index (χ0) is 14.9. The van der Waals surface area contributed by atoms with Crippen molar-refractivity contribution < 1.29 is 18.0 Å². The van der Waals surface area contributed by atoms with Crippen molar-refractivity contribution in [1.82, 2.24) is 0 Å². The predicted octanol–water partition coefficient (Wildman–Crippen LogP) is 3.25. The van der Waals surface area contributed by atoms with Crippen molar-refractivity contribution in [3.05, 3.63) is 58.9 Å². The SMILES string of the molecule is Cc1ccc(N)c(C(=O)Nc2c(F)cc(F)cc2F)c1. The summed E-state index contributed by atoms with van der Waals surface area (Å²) in [5, 5.41) is 2.05. The minimum atomic E-state index is -1.19. The first-order valence-corrected chi connectivity index (χ1v) is 5.70. The minimum Gasteiger partial charge on any atom is -0.398 e. The third-order valence-electron chi connectivity index (χ3n) is 2.70. The lowest BCUT2D eigenvalue weighted by molar-refractivity contribution is 0.102. The molecule has 0 aliphatic heterocycles. The molecule has 0 unspecified atom stereocenters. The molecule has 0 heterocycles. The summed E-state index contributed by atoms with van der Waals surface area (Å²) in [6.45, 7) is 1.75. The van der Waals surface area contributed by atoms with E-state index < -0.39 is 29.0 Å². The first kappa shape index (κ1) is 13.9. The molecule has 0 radical (unpaired) electrons. The molecular weight excluding hydrogens is 269 g/mol. The summed E-state index contributed by atoms with van der Waals surface area (Å²) in [5.74, 6) is -4.21. The van der Waals surface area contributed by atoms with Crippen LogP contribution >= 0.6 is 0 Å². The van der Waals surface area contributed by atoms with E-state index in [-0.39, 0.29) is 11.3 Å². The zero-order valence-corrected chi connectivity index (χ0v) is 10.5. The minimum absolute atomic E-state index is 0.0909. The van der Waals surface area contributed by atoms with Crippen molar-refractivity contribution in [2.75, 3.05) is 11.1 Å². The molecule has 1 amide bonds. The first-order chi connectivity index (χ1) is 9.38. The van der Waals surface area contributed by atoms with E-state index in [4.69, 9.17) is 5.73 Å². The number of carbonyl (C=O) groups is 1. The molecule has 0 aliphatic rings. The number of rotatable bonds is 2. The second-order valence-corrected chi connectivity index (χ2v) is 4.29. The van der Waals surface area contributed by atoms with E-state index in [0.29, 0.717) is 12.1 Å². The Morgan fingerprint density at radius 1 is 1.10 bits per heavy atom. The molecule has 2 aromatic rings. The number of hydrogen-bond donors (Lipinski definition) is 2. The standard InChI is InChI=1S/C14H11F3N2O/c1-7-2-3-12(18)9(4-7)14(20)19-13-10(16)5-8(15)6-11(13)17/h2-6H,18H2,1H3,(H,19,20). The van der Waals surface area contributed by atoms with Crippen LogP contribution < -0.4 is 11.1 Å². The van der Waals surface area contributed by atoms with Gasteiger partial charge in [-0.3, -0.25) is 4.79 Å². The maximum atomic E-state index is 13.4. The normalized spacial score (nSPS) is 10.4. The Morgan fingerprint density at radius 3 is 2.30 bits per heavy atom. The number of anilines is 2. The van der Waals surface area contributed by atoms with E-state index >= 15 is 0 Å². The maximum absolute atomic E-state index is 13.4. The number of amides is 1. The van der Waals surface area contributed by atoms with Crippen molar-refractivity contribution in [3.8, 4) is 0 Å². The molecule has 0 aromatic heterocycles. The molecule has 2 aromatic carbocycles. The summed E-state index contributed by atoms with van der Waals surface area (Å²) in [5.41, 5.74) is 5.96. The largest absolute Gasteiger partial charge is 0.398 e. The van der Waals surface area contributed by atoms with Crippen LogP contribution in [-0.4, -0.2) is 5.91 Å². The Morgan fingerprint density at radius 2 is 1.70 bits per heavy atom. The number of aryl methyl sites for hydroxylation is 1. The molecule has 20 heavy (non-hydrogen) atoms. The van der Waals surface area contributed by atoms with Gasteiger partial charge >= 0.3 is 0 Å². The first-order valence-electron chi connectivity index (χ1n) is 5.70. The highest BCUT2D eigenvalue weighted by atomic mass is 19.1. The summed E-state index contributed by atoms with van der Waals surface area (Å²) in [7, 11) is 0. The van der Waals surface area contributed by atoms with Gasteiger partial charge in [-0.2, -0.15) is 0 Å². The second kappa shape index (κ2) is 5.24. The lowest BCUT2D eigenvalue weighted by Crippen LogP contribution is -2.16. The maximum Gasteiger partial charge on any atom is 0.257 e. The number of nitrogens with two attached hydrogens (primary N) is 1. The van der Waals surface area contributed by atoms with E-state index in [0.717, 1.165) is 5.56 Å². The van der Waals surface area contributed by atoms with Crippen LogP contribution in [-0.2, 0) is 0 Å². The molecule has 104 valence electrons. The van der Waals surface area contributed by atoms with Gasteiger partial charge in [0.25, 0.3) is 5.91 Å². The Labute approximate surface area is 113 Å². The number of benzene rings is 2. The predicted molar refractivity (Wildman–Crippen MR) is 69.9 cm³/mol. The van der Waals surface area contributed by atoms with Crippen molar-refractivity contribution in [3.63, 3.8) is 0 Å². The highest BCUT2D eigenvalue weighted by Gasteiger charge is 2.17. The van der Waals surface area contributed by atoms with E-state index in [1.807, 2.05) is 0 Å². The van der Waals surface area contributed by atoms with Gasteiger partial charge in [0.15, 0.2) is 11.6 Å². The summed E-state index contributed by atoms with van der Waals surface area (Å²) < 4.78 is 39.7. The molecule has 3 N–H and O–H groups in total. The van der Waals surface area contributed by atoms with Gasteiger partial charge in [0.1, 0.15) is 11.5 Å². The fourth-order valence-corrected chi connectivity index (χ4v) is 1.71. The van der Waals surface area contributed by atoms with Crippen LogP contribution in [0.25, 0.3) is 0 Å². The van der Waals surface area contributed by atoms with Crippen LogP contribution in [0.15, 0.2) is 30.3 Å². The number of nitrogens with one attached hydrogen (secondary N) is 1. The van der Waals surface area contributed by atoms with Crippen LogP contribution in [0, 0.1) is 24.4 Å². The molecule has 3 nitrogen and oxygen atoms in total. The summed E-state index contributed by atoms with van der Waals surface area (Å²) >= 11 is 0. The van der Waals surface area contributed by atoms with E-state index in [2.05, 4.69) is 5.32 Å². The van der Waals surface area contributed by atoms with Crippen molar-refractivity contribution in [2.45, 2.75) is 6.92 Å². The van der Waals surface area contributed by atoms with Gasteiger partial charge in [0.2, 0.25) is 0 Å². The quantitative estimate of drug-likeness (QED) is 0.830. The third kappa shape index (κ3) is 2.74. The summed E-state index contributed by atoms with van der Waals surface area (Å²) in [6.07, 6.45) is 0. The molecule has 2 rings (SSSR count). The molecule has 0 atom stereocenters. The summed E-state index contributed by atoms with van der Waals surface area (Å²) in [4.78, 5) is 12.0. The Hall–Kier alpha value is -2.50. The van der Waals surface area contributed by atoms with Crippen molar-refractivity contribution in [2.24, 2.45) is 0 Å². The highest BCUT2D eigenvalue weighted by molar-refractivity contribution is 6.07. The molecule has 0 saturated carbocycles. The monoisotopic (exact) mass is 280 g/mol. The van der Waals surface area contributed by atoms with Gasteiger partial charge < -0.3 is 11.1 Å². The van der Waals surface area contributed by atoms with Crippen LogP contribution in [0.1, 0.15) is 15.9 Å². The fraction of sp³-hybridized carbons (Fsp3) is 0.0714. The molecule has 0 aliphatic carbocycles. The van der Waals surface area contributed by atoms with Crippen molar-refractivity contribution in [1.29, 1.82) is 0 Å². The Balaban J connectivity index is 2.35. The van der Waals surface area contributed by atoms with E-state index in [1.54, 1.807) is 13.0 Å². The van der Waals surface area contributed by atoms with E-state index in [9.17, 15) is 18.0 Å². The molecular formula is C14H11F3N2O. The average Bonchev–Trinajstić information content (AvgIpc) is 2.36. The lowest BCUT2D eigenvalue weighted by Gasteiger charge is -2.10. The second-order valence-electron chi connectivity index (χ2n) is 4.29. The molecule has 0 spiro atoms. The lowest BCUT2D eigenvalue weighted by atomic mass is 10.1.